The van der Waals surface area contributed by atoms with E-state index in [4.69, 9.17) is 4.74 Å². The molecule has 1 atom stereocenters. The van der Waals surface area contributed by atoms with E-state index >= 15 is 0 Å². The van der Waals surface area contributed by atoms with Gasteiger partial charge in [-0.25, -0.2) is 0 Å². The molecule has 0 aromatic rings. The molecule has 1 fully saturated rings. The van der Waals surface area contributed by atoms with Crippen LogP contribution in [-0.2, 0) is 4.74 Å². The largest absolute Gasteiger partial charge is 0.374 e. The van der Waals surface area contributed by atoms with E-state index in [1.54, 1.807) is 0 Å². The summed E-state index contributed by atoms with van der Waals surface area (Å²) >= 11 is 0. The summed E-state index contributed by atoms with van der Waals surface area (Å²) < 4.78 is 5.45. The molecule has 0 amide bonds. The van der Waals surface area contributed by atoms with Gasteiger partial charge in [0.1, 0.15) is 0 Å². The van der Waals surface area contributed by atoms with Gasteiger partial charge in [0.15, 0.2) is 0 Å². The minimum absolute atomic E-state index is 0.437. The first kappa shape index (κ1) is 8.79. The molecular formula is C10H18O. The molecule has 1 unspecified atom stereocenters. The highest BCUT2D eigenvalue weighted by Gasteiger charge is 2.10. The van der Waals surface area contributed by atoms with Gasteiger partial charge in [-0.05, 0) is 19.3 Å². The molecule has 11 heavy (non-hydrogen) atoms. The lowest BCUT2D eigenvalue weighted by Gasteiger charge is -2.00. The lowest BCUT2D eigenvalue weighted by Crippen LogP contribution is -1.98. The van der Waals surface area contributed by atoms with Crippen molar-refractivity contribution < 1.29 is 4.74 Å². The van der Waals surface area contributed by atoms with E-state index in [0.29, 0.717) is 6.10 Å². The summed E-state index contributed by atoms with van der Waals surface area (Å²) in [5.41, 5.74) is 0. The maximum absolute atomic E-state index is 5.45. The molecule has 64 valence electrons. The van der Waals surface area contributed by atoms with Crippen LogP contribution in [0.5, 0.6) is 0 Å². The molecule has 0 radical (unpaired) electrons. The Hall–Kier alpha value is -0.300. The van der Waals surface area contributed by atoms with Crippen molar-refractivity contribution in [3.63, 3.8) is 0 Å². The van der Waals surface area contributed by atoms with Crippen molar-refractivity contribution in [2.45, 2.75) is 45.1 Å². The van der Waals surface area contributed by atoms with E-state index in [9.17, 15) is 0 Å². The number of allylic oxidation sites excluding steroid dienone is 1. The van der Waals surface area contributed by atoms with Crippen LogP contribution in [-0.4, -0.2) is 12.7 Å². The van der Waals surface area contributed by atoms with E-state index in [-0.39, 0.29) is 0 Å². The SMILES string of the molecule is CCCC/C=C/C1CCCO1. The fourth-order valence-electron chi connectivity index (χ4n) is 1.32. The summed E-state index contributed by atoms with van der Waals surface area (Å²) in [5.74, 6) is 0. The summed E-state index contributed by atoms with van der Waals surface area (Å²) in [6.07, 6.45) is 11.2. The van der Waals surface area contributed by atoms with Crippen molar-refractivity contribution in [3.8, 4) is 0 Å². The standard InChI is InChI=1S/C10H18O/c1-2-3-4-5-7-10-8-6-9-11-10/h5,7,10H,2-4,6,8-9H2,1H3/b7-5+. The first-order valence-electron chi connectivity index (χ1n) is 4.71. The van der Waals surface area contributed by atoms with Gasteiger partial charge >= 0.3 is 0 Å². The molecule has 1 saturated heterocycles. The first-order valence-corrected chi connectivity index (χ1v) is 4.71. The Labute approximate surface area is 69.4 Å². The van der Waals surface area contributed by atoms with Gasteiger partial charge in [0.05, 0.1) is 6.10 Å². The van der Waals surface area contributed by atoms with Gasteiger partial charge in [0.2, 0.25) is 0 Å². The predicted octanol–water partition coefficient (Wildman–Crippen LogP) is 2.91. The highest BCUT2D eigenvalue weighted by Crippen LogP contribution is 2.13. The van der Waals surface area contributed by atoms with Gasteiger partial charge in [-0.1, -0.05) is 31.9 Å². The quantitative estimate of drug-likeness (QED) is 0.447. The third kappa shape index (κ3) is 3.57. The monoisotopic (exact) mass is 154 g/mol. The zero-order chi connectivity index (χ0) is 7.94. The molecule has 1 heterocycles. The average molecular weight is 154 g/mol. The van der Waals surface area contributed by atoms with E-state index in [1.807, 2.05) is 0 Å². The second-order valence-corrected chi connectivity index (χ2v) is 3.12. The summed E-state index contributed by atoms with van der Waals surface area (Å²) in [6.45, 7) is 3.18. The zero-order valence-corrected chi connectivity index (χ0v) is 7.38. The second-order valence-electron chi connectivity index (χ2n) is 3.12. The minimum atomic E-state index is 0.437. The van der Waals surface area contributed by atoms with Gasteiger partial charge < -0.3 is 4.74 Å². The molecule has 1 nitrogen and oxygen atoms in total. The van der Waals surface area contributed by atoms with Crippen LogP contribution in [0.1, 0.15) is 39.0 Å². The first-order chi connectivity index (χ1) is 5.43. The van der Waals surface area contributed by atoms with E-state index in [0.717, 1.165) is 6.61 Å². The van der Waals surface area contributed by atoms with E-state index in [2.05, 4.69) is 19.1 Å². The van der Waals surface area contributed by atoms with Crippen LogP contribution in [0, 0.1) is 0 Å². The summed E-state index contributed by atoms with van der Waals surface area (Å²) in [6, 6.07) is 0. The summed E-state index contributed by atoms with van der Waals surface area (Å²) in [4.78, 5) is 0. The molecule has 1 rings (SSSR count). The van der Waals surface area contributed by atoms with Gasteiger partial charge in [-0.2, -0.15) is 0 Å². The Morgan fingerprint density at radius 1 is 1.55 bits per heavy atom. The molecule has 0 aromatic heterocycles. The smallest absolute Gasteiger partial charge is 0.0756 e. The van der Waals surface area contributed by atoms with Crippen LogP contribution in [0.25, 0.3) is 0 Å². The fraction of sp³-hybridized carbons (Fsp3) is 0.800. The lowest BCUT2D eigenvalue weighted by atomic mass is 10.2. The Bertz CT molecular complexity index is 112. The molecule has 0 saturated carbocycles. The molecule has 1 aliphatic rings. The Kier molecular flexibility index (Phi) is 4.29. The highest BCUT2D eigenvalue weighted by molar-refractivity contribution is 4.91. The van der Waals surface area contributed by atoms with Gasteiger partial charge in [-0.15, -0.1) is 0 Å². The molecule has 0 aliphatic carbocycles. The number of hydrogen-bond donors (Lipinski definition) is 0. The highest BCUT2D eigenvalue weighted by atomic mass is 16.5. The van der Waals surface area contributed by atoms with E-state index < -0.39 is 0 Å². The maximum Gasteiger partial charge on any atom is 0.0756 e. The normalized spacial score (nSPS) is 25.0. The van der Waals surface area contributed by atoms with Crippen LogP contribution >= 0.6 is 0 Å². The van der Waals surface area contributed by atoms with E-state index in [1.165, 1.54) is 32.1 Å². The van der Waals surface area contributed by atoms with Crippen molar-refractivity contribution in [1.82, 2.24) is 0 Å². The van der Waals surface area contributed by atoms with Gasteiger partial charge in [0, 0.05) is 6.61 Å². The Morgan fingerprint density at radius 2 is 2.45 bits per heavy atom. The molecule has 1 heteroatoms. The minimum Gasteiger partial charge on any atom is -0.374 e. The summed E-state index contributed by atoms with van der Waals surface area (Å²) in [5, 5.41) is 0. The van der Waals surface area contributed by atoms with Gasteiger partial charge in [-0.3, -0.25) is 0 Å². The third-order valence-electron chi connectivity index (χ3n) is 2.04. The molecule has 0 spiro atoms. The molecule has 0 N–H and O–H groups in total. The van der Waals surface area contributed by atoms with Crippen molar-refractivity contribution in [2.75, 3.05) is 6.61 Å². The second kappa shape index (κ2) is 5.36. The van der Waals surface area contributed by atoms with Crippen molar-refractivity contribution in [2.24, 2.45) is 0 Å². The number of rotatable bonds is 4. The number of hydrogen-bond acceptors (Lipinski definition) is 1. The molecule has 0 bridgehead atoms. The van der Waals surface area contributed by atoms with Gasteiger partial charge in [0.25, 0.3) is 0 Å². The topological polar surface area (TPSA) is 9.23 Å². The number of ether oxygens (including phenoxy) is 1. The predicted molar refractivity (Wildman–Crippen MR) is 47.6 cm³/mol. The molecular weight excluding hydrogens is 136 g/mol. The maximum atomic E-state index is 5.45. The number of unbranched alkanes of at least 4 members (excludes halogenated alkanes) is 2. The average Bonchev–Trinajstić information content (AvgIpc) is 2.50. The van der Waals surface area contributed by atoms with Crippen molar-refractivity contribution in [3.05, 3.63) is 12.2 Å². The van der Waals surface area contributed by atoms with Crippen LogP contribution in [0.3, 0.4) is 0 Å². The van der Waals surface area contributed by atoms with Crippen molar-refractivity contribution in [1.29, 1.82) is 0 Å². The van der Waals surface area contributed by atoms with Crippen molar-refractivity contribution >= 4 is 0 Å². The molecule has 0 aromatic carbocycles. The molecule has 1 aliphatic heterocycles. The van der Waals surface area contributed by atoms with Crippen LogP contribution in [0.2, 0.25) is 0 Å². The van der Waals surface area contributed by atoms with Crippen LogP contribution in [0.4, 0.5) is 0 Å². The third-order valence-corrected chi connectivity index (χ3v) is 2.04. The van der Waals surface area contributed by atoms with Crippen LogP contribution in [0.15, 0.2) is 12.2 Å². The summed E-state index contributed by atoms with van der Waals surface area (Å²) in [7, 11) is 0. The zero-order valence-electron chi connectivity index (χ0n) is 7.38. The Balaban J connectivity index is 2.03. The fourth-order valence-corrected chi connectivity index (χ4v) is 1.32. The van der Waals surface area contributed by atoms with Crippen LogP contribution < -0.4 is 0 Å². The lowest BCUT2D eigenvalue weighted by molar-refractivity contribution is 0.145. The Morgan fingerprint density at radius 3 is 3.09 bits per heavy atom.